The van der Waals surface area contributed by atoms with Crippen LogP contribution in [0.3, 0.4) is 0 Å². The summed E-state index contributed by atoms with van der Waals surface area (Å²) in [6.45, 7) is 0. The van der Waals surface area contributed by atoms with E-state index in [0.29, 0.717) is 0 Å². The molecule has 0 aliphatic heterocycles. The van der Waals surface area contributed by atoms with Gasteiger partial charge in [0.2, 0.25) is 0 Å². The summed E-state index contributed by atoms with van der Waals surface area (Å²) >= 11 is 1.67. The van der Waals surface area contributed by atoms with Crippen molar-refractivity contribution >= 4 is 11.8 Å². The predicted octanol–water partition coefficient (Wildman–Crippen LogP) is 2.12. The summed E-state index contributed by atoms with van der Waals surface area (Å²) < 4.78 is 7.05. The SMILES string of the molecule is COc1ccc(CSc2nccn2C)nc1. The maximum atomic E-state index is 5.05. The minimum Gasteiger partial charge on any atom is -0.495 e. The molecule has 84 valence electrons. The molecule has 5 heteroatoms. The lowest BCUT2D eigenvalue weighted by Crippen LogP contribution is -1.92. The average Bonchev–Trinajstić information content (AvgIpc) is 2.73. The van der Waals surface area contributed by atoms with Gasteiger partial charge in [-0.05, 0) is 12.1 Å². The molecule has 0 amide bonds. The first-order chi connectivity index (χ1) is 7.79. The van der Waals surface area contributed by atoms with Crippen molar-refractivity contribution in [2.75, 3.05) is 7.11 Å². The maximum Gasteiger partial charge on any atom is 0.168 e. The zero-order valence-electron chi connectivity index (χ0n) is 9.25. The summed E-state index contributed by atoms with van der Waals surface area (Å²) in [6, 6.07) is 3.89. The van der Waals surface area contributed by atoms with Gasteiger partial charge >= 0.3 is 0 Å². The summed E-state index contributed by atoms with van der Waals surface area (Å²) in [5.74, 6) is 1.60. The van der Waals surface area contributed by atoms with Crippen LogP contribution >= 0.6 is 11.8 Å². The number of aromatic nitrogens is 3. The van der Waals surface area contributed by atoms with E-state index in [1.54, 1.807) is 31.3 Å². The third-order valence-corrected chi connectivity index (χ3v) is 3.25. The number of nitrogens with zero attached hydrogens (tertiary/aromatic N) is 3. The van der Waals surface area contributed by atoms with Crippen LogP contribution in [0.4, 0.5) is 0 Å². The van der Waals surface area contributed by atoms with Gasteiger partial charge in [0, 0.05) is 25.2 Å². The van der Waals surface area contributed by atoms with E-state index in [2.05, 4.69) is 9.97 Å². The molecule has 2 aromatic heterocycles. The van der Waals surface area contributed by atoms with Crippen LogP contribution in [0.2, 0.25) is 0 Å². The van der Waals surface area contributed by atoms with Crippen molar-refractivity contribution in [2.24, 2.45) is 7.05 Å². The molecule has 0 radical (unpaired) electrons. The topological polar surface area (TPSA) is 39.9 Å². The van der Waals surface area contributed by atoms with Gasteiger partial charge in [-0.3, -0.25) is 4.98 Å². The van der Waals surface area contributed by atoms with Crippen molar-refractivity contribution in [1.29, 1.82) is 0 Å². The van der Waals surface area contributed by atoms with Crippen LogP contribution < -0.4 is 4.74 Å². The number of aryl methyl sites for hydroxylation is 1. The standard InChI is InChI=1S/C11H13N3OS/c1-14-6-5-12-11(14)16-8-9-3-4-10(15-2)7-13-9/h3-7H,8H2,1-2H3. The monoisotopic (exact) mass is 235 g/mol. The molecule has 0 saturated carbocycles. The van der Waals surface area contributed by atoms with E-state index in [-0.39, 0.29) is 0 Å². The highest BCUT2D eigenvalue weighted by atomic mass is 32.2. The van der Waals surface area contributed by atoms with E-state index in [4.69, 9.17) is 4.74 Å². The van der Waals surface area contributed by atoms with E-state index in [9.17, 15) is 0 Å². The van der Waals surface area contributed by atoms with Gasteiger partial charge in [0.25, 0.3) is 0 Å². The van der Waals surface area contributed by atoms with Gasteiger partial charge < -0.3 is 9.30 Å². The second-order valence-corrected chi connectivity index (χ2v) is 4.24. The summed E-state index contributed by atoms with van der Waals surface area (Å²) in [4.78, 5) is 8.53. The lowest BCUT2D eigenvalue weighted by atomic mass is 10.4. The molecule has 0 atom stereocenters. The van der Waals surface area contributed by atoms with Gasteiger partial charge in [0.05, 0.1) is 19.0 Å². The Morgan fingerprint density at radius 1 is 1.38 bits per heavy atom. The lowest BCUT2D eigenvalue weighted by Gasteiger charge is -2.02. The Morgan fingerprint density at radius 2 is 2.25 bits per heavy atom. The minimum absolute atomic E-state index is 0.783. The Kier molecular flexibility index (Phi) is 3.46. The van der Waals surface area contributed by atoms with Gasteiger partial charge in [-0.15, -0.1) is 0 Å². The molecule has 2 heterocycles. The minimum atomic E-state index is 0.783. The average molecular weight is 235 g/mol. The number of pyridine rings is 1. The van der Waals surface area contributed by atoms with Crippen LogP contribution in [0, 0.1) is 0 Å². The first kappa shape index (κ1) is 11.0. The quantitative estimate of drug-likeness (QED) is 0.761. The van der Waals surface area contributed by atoms with Crippen molar-refractivity contribution in [3.8, 4) is 5.75 Å². The molecule has 16 heavy (non-hydrogen) atoms. The second kappa shape index (κ2) is 5.03. The third-order valence-electron chi connectivity index (χ3n) is 2.16. The normalized spacial score (nSPS) is 10.4. The Labute approximate surface area is 98.7 Å². The summed E-state index contributed by atoms with van der Waals surface area (Å²) in [5.41, 5.74) is 1.02. The summed E-state index contributed by atoms with van der Waals surface area (Å²) in [5, 5.41) is 0.998. The number of imidazole rings is 1. The van der Waals surface area contributed by atoms with Crippen molar-refractivity contribution in [1.82, 2.24) is 14.5 Å². The van der Waals surface area contributed by atoms with E-state index in [0.717, 1.165) is 22.4 Å². The molecule has 0 N–H and O–H groups in total. The summed E-state index contributed by atoms with van der Waals surface area (Å²) in [6.07, 6.45) is 5.46. The smallest absolute Gasteiger partial charge is 0.168 e. The predicted molar refractivity (Wildman–Crippen MR) is 63.6 cm³/mol. The number of thioether (sulfide) groups is 1. The summed E-state index contributed by atoms with van der Waals surface area (Å²) in [7, 11) is 3.62. The fourth-order valence-corrected chi connectivity index (χ4v) is 2.09. The van der Waals surface area contributed by atoms with Crippen LogP contribution in [0.25, 0.3) is 0 Å². The molecule has 0 aliphatic carbocycles. The zero-order chi connectivity index (χ0) is 11.4. The van der Waals surface area contributed by atoms with Crippen molar-refractivity contribution in [3.05, 3.63) is 36.4 Å². The highest BCUT2D eigenvalue weighted by Crippen LogP contribution is 2.20. The highest BCUT2D eigenvalue weighted by Gasteiger charge is 2.02. The van der Waals surface area contributed by atoms with Crippen LogP contribution in [0.5, 0.6) is 5.75 Å². The Bertz CT molecular complexity index is 453. The lowest BCUT2D eigenvalue weighted by molar-refractivity contribution is 0.412. The van der Waals surface area contributed by atoms with Crippen molar-refractivity contribution in [3.63, 3.8) is 0 Å². The van der Waals surface area contributed by atoms with Crippen molar-refractivity contribution in [2.45, 2.75) is 10.9 Å². The number of hydrogen-bond acceptors (Lipinski definition) is 4. The first-order valence-corrected chi connectivity index (χ1v) is 5.87. The van der Waals surface area contributed by atoms with Crippen LogP contribution in [-0.2, 0) is 12.8 Å². The van der Waals surface area contributed by atoms with E-state index < -0.39 is 0 Å². The Hall–Kier alpha value is -1.49. The third kappa shape index (κ3) is 2.55. The number of ether oxygens (including phenoxy) is 1. The van der Waals surface area contributed by atoms with Gasteiger partial charge in [-0.25, -0.2) is 4.98 Å². The van der Waals surface area contributed by atoms with Gasteiger partial charge in [0.15, 0.2) is 5.16 Å². The van der Waals surface area contributed by atoms with Crippen molar-refractivity contribution < 1.29 is 4.74 Å². The largest absolute Gasteiger partial charge is 0.495 e. The van der Waals surface area contributed by atoms with E-state index >= 15 is 0 Å². The number of hydrogen-bond donors (Lipinski definition) is 0. The molecule has 0 aliphatic rings. The van der Waals surface area contributed by atoms with E-state index in [1.807, 2.05) is 29.9 Å². The second-order valence-electron chi connectivity index (χ2n) is 3.30. The molecule has 2 rings (SSSR count). The molecule has 0 saturated heterocycles. The molecular weight excluding hydrogens is 222 g/mol. The maximum absolute atomic E-state index is 5.05. The Morgan fingerprint density at radius 3 is 2.81 bits per heavy atom. The molecule has 4 nitrogen and oxygen atoms in total. The molecule has 0 aromatic carbocycles. The number of rotatable bonds is 4. The van der Waals surface area contributed by atoms with E-state index in [1.165, 1.54) is 0 Å². The molecule has 0 fully saturated rings. The fourth-order valence-electron chi connectivity index (χ4n) is 1.25. The molecule has 2 aromatic rings. The molecule has 0 bridgehead atoms. The first-order valence-electron chi connectivity index (χ1n) is 4.88. The van der Waals surface area contributed by atoms with Crippen LogP contribution in [0.1, 0.15) is 5.69 Å². The Balaban J connectivity index is 1.97. The molecular formula is C11H13N3OS. The molecule has 0 unspecified atom stereocenters. The number of methoxy groups -OCH3 is 1. The van der Waals surface area contributed by atoms with Gasteiger partial charge in [-0.1, -0.05) is 11.8 Å². The van der Waals surface area contributed by atoms with Crippen LogP contribution in [-0.4, -0.2) is 21.6 Å². The highest BCUT2D eigenvalue weighted by molar-refractivity contribution is 7.98. The zero-order valence-corrected chi connectivity index (χ0v) is 10.1. The van der Waals surface area contributed by atoms with Crippen LogP contribution in [0.15, 0.2) is 35.9 Å². The van der Waals surface area contributed by atoms with Gasteiger partial charge in [0.1, 0.15) is 5.75 Å². The fraction of sp³-hybridized carbons (Fsp3) is 0.273. The molecule has 0 spiro atoms. The van der Waals surface area contributed by atoms with Gasteiger partial charge in [-0.2, -0.15) is 0 Å².